The second kappa shape index (κ2) is 5.49. The van der Waals surface area contributed by atoms with Crippen LogP contribution in [0.15, 0.2) is 29.6 Å². The average molecular weight is 270 g/mol. The van der Waals surface area contributed by atoms with Crippen LogP contribution in [0.4, 0.5) is 0 Å². The molecular weight excluding hydrogens is 258 g/mol. The van der Waals surface area contributed by atoms with Gasteiger partial charge in [-0.3, -0.25) is 0 Å². The van der Waals surface area contributed by atoms with E-state index in [0.717, 1.165) is 4.88 Å². The number of hydrogen-bond acceptors (Lipinski definition) is 4. The summed E-state index contributed by atoms with van der Waals surface area (Å²) in [6.45, 7) is 0. The maximum absolute atomic E-state index is 10.1. The number of aliphatic hydroxyl groups is 1. The number of rotatable bonds is 4. The lowest BCUT2D eigenvalue weighted by molar-refractivity contribution is 0.173. The third kappa shape index (κ3) is 2.97. The van der Waals surface area contributed by atoms with Gasteiger partial charge in [0.2, 0.25) is 5.88 Å². The lowest BCUT2D eigenvalue weighted by Crippen LogP contribution is -2.04. The molecule has 0 saturated carbocycles. The van der Waals surface area contributed by atoms with Crippen LogP contribution in [0.25, 0.3) is 0 Å². The summed E-state index contributed by atoms with van der Waals surface area (Å²) in [7, 11) is 1.55. The van der Waals surface area contributed by atoms with Gasteiger partial charge < -0.3 is 9.84 Å². The largest absolute Gasteiger partial charge is 0.481 e. The van der Waals surface area contributed by atoms with Gasteiger partial charge in [-0.2, -0.15) is 0 Å². The fourth-order valence-electron chi connectivity index (χ4n) is 1.48. The molecule has 0 amide bonds. The van der Waals surface area contributed by atoms with Crippen molar-refractivity contribution in [3.8, 4) is 5.88 Å². The summed E-state index contributed by atoms with van der Waals surface area (Å²) >= 11 is 7.52. The van der Waals surface area contributed by atoms with Crippen molar-refractivity contribution in [1.82, 2.24) is 4.98 Å². The SMILES string of the molecule is COc1cccc(C(O)Cc2sccc2Cl)n1. The number of aromatic nitrogens is 1. The zero-order valence-electron chi connectivity index (χ0n) is 9.26. The number of nitrogens with zero attached hydrogens (tertiary/aromatic N) is 1. The summed E-state index contributed by atoms with van der Waals surface area (Å²) in [6, 6.07) is 7.15. The highest BCUT2D eigenvalue weighted by Crippen LogP contribution is 2.27. The van der Waals surface area contributed by atoms with E-state index in [1.807, 2.05) is 11.4 Å². The third-order valence-electron chi connectivity index (χ3n) is 2.37. The fraction of sp³-hybridized carbons (Fsp3) is 0.250. The Balaban J connectivity index is 2.14. The molecule has 0 aliphatic rings. The van der Waals surface area contributed by atoms with E-state index in [1.165, 1.54) is 11.3 Å². The van der Waals surface area contributed by atoms with E-state index in [2.05, 4.69) is 4.98 Å². The number of aliphatic hydroxyl groups excluding tert-OH is 1. The summed E-state index contributed by atoms with van der Waals surface area (Å²) in [4.78, 5) is 5.15. The molecule has 2 rings (SSSR count). The van der Waals surface area contributed by atoms with Gasteiger partial charge in [-0.05, 0) is 17.5 Å². The third-order valence-corrected chi connectivity index (χ3v) is 3.77. The van der Waals surface area contributed by atoms with E-state index >= 15 is 0 Å². The van der Waals surface area contributed by atoms with Crippen LogP contribution in [0.3, 0.4) is 0 Å². The van der Waals surface area contributed by atoms with Crippen molar-refractivity contribution in [3.05, 3.63) is 45.2 Å². The van der Waals surface area contributed by atoms with E-state index < -0.39 is 6.10 Å². The Morgan fingerprint density at radius 1 is 1.47 bits per heavy atom. The number of hydrogen-bond donors (Lipinski definition) is 1. The van der Waals surface area contributed by atoms with Crippen molar-refractivity contribution in [1.29, 1.82) is 0 Å². The van der Waals surface area contributed by atoms with Crippen LogP contribution in [-0.2, 0) is 6.42 Å². The quantitative estimate of drug-likeness (QED) is 0.928. The second-order valence-corrected chi connectivity index (χ2v) is 4.92. The summed E-state index contributed by atoms with van der Waals surface area (Å²) < 4.78 is 5.02. The van der Waals surface area contributed by atoms with Crippen molar-refractivity contribution in [2.24, 2.45) is 0 Å². The predicted octanol–water partition coefficient (Wildman–Crippen LogP) is 3.08. The molecule has 0 aliphatic heterocycles. The zero-order chi connectivity index (χ0) is 12.3. The molecule has 0 aromatic carbocycles. The molecule has 3 nitrogen and oxygen atoms in total. The standard InChI is InChI=1S/C12H12ClNO2S/c1-16-12-4-2-3-9(14-12)10(15)7-11-8(13)5-6-17-11/h2-6,10,15H,7H2,1H3. The van der Waals surface area contributed by atoms with Gasteiger partial charge in [-0.1, -0.05) is 17.7 Å². The summed E-state index contributed by atoms with van der Waals surface area (Å²) in [5.74, 6) is 0.499. The van der Waals surface area contributed by atoms with Gasteiger partial charge in [0.25, 0.3) is 0 Å². The maximum atomic E-state index is 10.1. The second-order valence-electron chi connectivity index (χ2n) is 3.52. The zero-order valence-corrected chi connectivity index (χ0v) is 10.8. The van der Waals surface area contributed by atoms with Crippen LogP contribution in [0.5, 0.6) is 5.88 Å². The van der Waals surface area contributed by atoms with Gasteiger partial charge in [-0.25, -0.2) is 4.98 Å². The highest BCUT2D eigenvalue weighted by Gasteiger charge is 2.13. The molecule has 5 heteroatoms. The Kier molecular flexibility index (Phi) is 3.99. The van der Waals surface area contributed by atoms with Gasteiger partial charge >= 0.3 is 0 Å². The minimum Gasteiger partial charge on any atom is -0.481 e. The van der Waals surface area contributed by atoms with Crippen molar-refractivity contribution >= 4 is 22.9 Å². The van der Waals surface area contributed by atoms with Crippen LogP contribution in [0.1, 0.15) is 16.7 Å². The van der Waals surface area contributed by atoms with Gasteiger partial charge in [-0.15, -0.1) is 11.3 Å². The Labute approximate surface area is 109 Å². The molecule has 0 spiro atoms. The highest BCUT2D eigenvalue weighted by atomic mass is 35.5. The molecule has 0 radical (unpaired) electrons. The molecule has 1 atom stereocenters. The first-order valence-electron chi connectivity index (χ1n) is 5.11. The van der Waals surface area contributed by atoms with Crippen molar-refractivity contribution in [3.63, 3.8) is 0 Å². The van der Waals surface area contributed by atoms with Crippen LogP contribution in [0, 0.1) is 0 Å². The van der Waals surface area contributed by atoms with Gasteiger partial charge in [0.1, 0.15) is 6.10 Å². The summed E-state index contributed by atoms with van der Waals surface area (Å²) in [6.07, 6.45) is -0.197. The lowest BCUT2D eigenvalue weighted by atomic mass is 10.1. The highest BCUT2D eigenvalue weighted by molar-refractivity contribution is 7.10. The maximum Gasteiger partial charge on any atom is 0.213 e. The average Bonchev–Trinajstić information content (AvgIpc) is 2.75. The normalized spacial score (nSPS) is 12.4. The topological polar surface area (TPSA) is 42.4 Å². The Morgan fingerprint density at radius 3 is 2.94 bits per heavy atom. The van der Waals surface area contributed by atoms with Crippen LogP contribution in [-0.4, -0.2) is 17.2 Å². The molecule has 0 fully saturated rings. The van der Waals surface area contributed by atoms with E-state index in [4.69, 9.17) is 16.3 Å². The number of pyridine rings is 1. The smallest absolute Gasteiger partial charge is 0.213 e. The van der Waals surface area contributed by atoms with Crippen LogP contribution in [0.2, 0.25) is 5.02 Å². The minimum absolute atomic E-state index is 0.469. The Bertz CT molecular complexity index is 501. The van der Waals surface area contributed by atoms with E-state index in [1.54, 1.807) is 25.3 Å². The molecule has 0 aliphatic carbocycles. The first-order chi connectivity index (χ1) is 8.20. The molecule has 90 valence electrons. The first kappa shape index (κ1) is 12.4. The Morgan fingerprint density at radius 2 is 2.29 bits per heavy atom. The fourth-order valence-corrected chi connectivity index (χ4v) is 2.63. The molecule has 0 bridgehead atoms. The molecule has 2 aromatic rings. The number of halogens is 1. The van der Waals surface area contributed by atoms with Crippen molar-refractivity contribution in [2.75, 3.05) is 7.11 Å². The van der Waals surface area contributed by atoms with Crippen molar-refractivity contribution < 1.29 is 9.84 Å². The number of methoxy groups -OCH3 is 1. The molecule has 2 heterocycles. The van der Waals surface area contributed by atoms with Gasteiger partial charge in [0.15, 0.2) is 0 Å². The Hall–Kier alpha value is -1.10. The molecule has 1 unspecified atom stereocenters. The predicted molar refractivity (Wildman–Crippen MR) is 68.8 cm³/mol. The van der Waals surface area contributed by atoms with Gasteiger partial charge in [0.05, 0.1) is 17.8 Å². The van der Waals surface area contributed by atoms with Gasteiger partial charge in [0, 0.05) is 17.4 Å². The van der Waals surface area contributed by atoms with E-state index in [9.17, 15) is 5.11 Å². The molecule has 2 aromatic heterocycles. The molecule has 17 heavy (non-hydrogen) atoms. The van der Waals surface area contributed by atoms with E-state index in [-0.39, 0.29) is 0 Å². The number of ether oxygens (including phenoxy) is 1. The van der Waals surface area contributed by atoms with Crippen LogP contribution < -0.4 is 4.74 Å². The summed E-state index contributed by atoms with van der Waals surface area (Å²) in [5.41, 5.74) is 0.591. The lowest BCUT2D eigenvalue weighted by Gasteiger charge is -2.10. The summed E-state index contributed by atoms with van der Waals surface area (Å²) in [5, 5.41) is 12.7. The van der Waals surface area contributed by atoms with Crippen molar-refractivity contribution in [2.45, 2.75) is 12.5 Å². The monoisotopic (exact) mass is 269 g/mol. The van der Waals surface area contributed by atoms with Crippen LogP contribution >= 0.6 is 22.9 Å². The minimum atomic E-state index is -0.666. The van der Waals surface area contributed by atoms with E-state index in [0.29, 0.717) is 23.0 Å². The first-order valence-corrected chi connectivity index (χ1v) is 6.37. The molecule has 0 saturated heterocycles. The number of thiophene rings is 1. The molecule has 1 N–H and O–H groups in total. The molecular formula is C12H12ClNO2S.